The molecular weight excluding hydrogens is 236 g/mol. The highest BCUT2D eigenvalue weighted by molar-refractivity contribution is 5.48. The van der Waals surface area contributed by atoms with Crippen molar-refractivity contribution in [2.75, 3.05) is 39.2 Å². The van der Waals surface area contributed by atoms with Gasteiger partial charge in [0.25, 0.3) is 0 Å². The second-order valence-electron chi connectivity index (χ2n) is 5.65. The molecule has 0 spiro atoms. The minimum Gasteiger partial charge on any atom is -0.497 e. The molecule has 108 valence electrons. The maximum atomic E-state index is 5.20. The molecule has 1 atom stereocenters. The quantitative estimate of drug-likeness (QED) is 0.780. The van der Waals surface area contributed by atoms with Gasteiger partial charge in [-0.15, -0.1) is 0 Å². The van der Waals surface area contributed by atoms with Crippen LogP contribution in [0.1, 0.15) is 26.7 Å². The van der Waals surface area contributed by atoms with E-state index in [0.717, 1.165) is 18.8 Å². The molecule has 1 unspecified atom stereocenters. The number of hydrogen-bond acceptors (Lipinski definition) is 3. The van der Waals surface area contributed by atoms with Crippen molar-refractivity contribution in [2.24, 2.45) is 5.41 Å². The Balaban J connectivity index is 2.72. The standard InChI is InChI=1S/C16H28N2O/c1-6-11-16(2,12-17-3)13-18(4)14-7-9-15(19-5)10-8-14/h7-10,17H,6,11-13H2,1-5H3. The lowest BCUT2D eigenvalue weighted by atomic mass is 9.85. The van der Waals surface area contributed by atoms with E-state index in [2.05, 4.69) is 43.2 Å². The zero-order valence-corrected chi connectivity index (χ0v) is 13.0. The minimum absolute atomic E-state index is 0.304. The van der Waals surface area contributed by atoms with Gasteiger partial charge in [0.2, 0.25) is 0 Å². The van der Waals surface area contributed by atoms with Crippen LogP contribution in [0, 0.1) is 5.41 Å². The number of hydrogen-bond donors (Lipinski definition) is 1. The van der Waals surface area contributed by atoms with Crippen LogP contribution in [-0.4, -0.2) is 34.3 Å². The molecular formula is C16H28N2O. The maximum Gasteiger partial charge on any atom is 0.119 e. The summed E-state index contributed by atoms with van der Waals surface area (Å²) >= 11 is 0. The fraction of sp³-hybridized carbons (Fsp3) is 0.625. The van der Waals surface area contributed by atoms with Gasteiger partial charge in [0.1, 0.15) is 5.75 Å². The SMILES string of the molecule is CCCC(C)(CNC)CN(C)c1ccc(OC)cc1. The molecule has 0 radical (unpaired) electrons. The summed E-state index contributed by atoms with van der Waals surface area (Å²) in [5, 5.41) is 3.32. The van der Waals surface area contributed by atoms with Gasteiger partial charge in [0.15, 0.2) is 0 Å². The summed E-state index contributed by atoms with van der Waals surface area (Å²) in [6.45, 7) is 6.70. The topological polar surface area (TPSA) is 24.5 Å². The molecule has 0 heterocycles. The van der Waals surface area contributed by atoms with Crippen molar-refractivity contribution in [1.29, 1.82) is 0 Å². The van der Waals surface area contributed by atoms with E-state index in [9.17, 15) is 0 Å². The first-order valence-corrected chi connectivity index (χ1v) is 7.04. The molecule has 0 bridgehead atoms. The third kappa shape index (κ3) is 4.75. The van der Waals surface area contributed by atoms with Crippen LogP contribution in [0.5, 0.6) is 5.75 Å². The third-order valence-electron chi connectivity index (χ3n) is 3.59. The van der Waals surface area contributed by atoms with Gasteiger partial charge in [-0.3, -0.25) is 0 Å². The monoisotopic (exact) mass is 264 g/mol. The molecule has 0 saturated carbocycles. The number of benzene rings is 1. The molecule has 19 heavy (non-hydrogen) atoms. The number of anilines is 1. The lowest BCUT2D eigenvalue weighted by Crippen LogP contribution is -2.40. The highest BCUT2D eigenvalue weighted by atomic mass is 16.5. The number of methoxy groups -OCH3 is 1. The Labute approximate surface area is 118 Å². The molecule has 3 nitrogen and oxygen atoms in total. The fourth-order valence-corrected chi connectivity index (χ4v) is 2.75. The normalized spacial score (nSPS) is 13.9. The Morgan fingerprint density at radius 1 is 1.26 bits per heavy atom. The second kappa shape index (κ2) is 7.39. The van der Waals surface area contributed by atoms with Crippen molar-refractivity contribution >= 4 is 5.69 Å². The Bertz CT molecular complexity index is 356. The van der Waals surface area contributed by atoms with Crippen molar-refractivity contribution in [2.45, 2.75) is 26.7 Å². The van der Waals surface area contributed by atoms with Crippen molar-refractivity contribution in [3.8, 4) is 5.75 Å². The van der Waals surface area contributed by atoms with E-state index in [-0.39, 0.29) is 0 Å². The number of rotatable bonds is 8. The fourth-order valence-electron chi connectivity index (χ4n) is 2.75. The van der Waals surface area contributed by atoms with Gasteiger partial charge in [0, 0.05) is 25.8 Å². The van der Waals surface area contributed by atoms with Gasteiger partial charge in [0.05, 0.1) is 7.11 Å². The maximum absolute atomic E-state index is 5.20. The van der Waals surface area contributed by atoms with Crippen LogP contribution in [0.2, 0.25) is 0 Å². The second-order valence-corrected chi connectivity index (χ2v) is 5.65. The molecule has 0 saturated heterocycles. The Morgan fingerprint density at radius 2 is 1.89 bits per heavy atom. The van der Waals surface area contributed by atoms with Crippen LogP contribution < -0.4 is 15.0 Å². The molecule has 1 N–H and O–H groups in total. The van der Waals surface area contributed by atoms with E-state index in [1.165, 1.54) is 18.5 Å². The molecule has 0 amide bonds. The van der Waals surface area contributed by atoms with Crippen LogP contribution in [0.3, 0.4) is 0 Å². The summed E-state index contributed by atoms with van der Waals surface area (Å²) in [6, 6.07) is 8.26. The van der Waals surface area contributed by atoms with Crippen LogP contribution in [0.25, 0.3) is 0 Å². The lowest BCUT2D eigenvalue weighted by molar-refractivity contribution is 0.292. The molecule has 1 aromatic rings. The average Bonchev–Trinajstić information content (AvgIpc) is 2.39. The van der Waals surface area contributed by atoms with Gasteiger partial charge < -0.3 is 15.0 Å². The smallest absolute Gasteiger partial charge is 0.119 e. The molecule has 0 aromatic heterocycles. The van der Waals surface area contributed by atoms with E-state index >= 15 is 0 Å². The zero-order valence-electron chi connectivity index (χ0n) is 13.0. The highest BCUT2D eigenvalue weighted by Gasteiger charge is 2.24. The van der Waals surface area contributed by atoms with Crippen LogP contribution in [0.4, 0.5) is 5.69 Å². The molecule has 0 aliphatic carbocycles. The Morgan fingerprint density at radius 3 is 2.37 bits per heavy atom. The first kappa shape index (κ1) is 15.8. The van der Waals surface area contributed by atoms with E-state index in [1.807, 2.05) is 19.2 Å². The summed E-state index contributed by atoms with van der Waals surface area (Å²) in [7, 11) is 5.89. The predicted molar refractivity (Wildman–Crippen MR) is 83.2 cm³/mol. The third-order valence-corrected chi connectivity index (χ3v) is 3.59. The summed E-state index contributed by atoms with van der Waals surface area (Å²) in [5.74, 6) is 0.906. The summed E-state index contributed by atoms with van der Waals surface area (Å²) in [6.07, 6.45) is 2.45. The Hall–Kier alpha value is -1.22. The summed E-state index contributed by atoms with van der Waals surface area (Å²) < 4.78 is 5.20. The number of ether oxygens (including phenoxy) is 1. The van der Waals surface area contributed by atoms with Crippen LogP contribution in [0.15, 0.2) is 24.3 Å². The van der Waals surface area contributed by atoms with Gasteiger partial charge in [-0.2, -0.15) is 0 Å². The van der Waals surface area contributed by atoms with E-state index in [1.54, 1.807) is 7.11 Å². The highest BCUT2D eigenvalue weighted by Crippen LogP contribution is 2.26. The summed E-state index contributed by atoms with van der Waals surface area (Å²) in [5.41, 5.74) is 1.54. The largest absolute Gasteiger partial charge is 0.497 e. The van der Waals surface area contributed by atoms with Gasteiger partial charge >= 0.3 is 0 Å². The lowest BCUT2D eigenvalue weighted by Gasteiger charge is -2.34. The van der Waals surface area contributed by atoms with Crippen molar-refractivity contribution < 1.29 is 4.74 Å². The van der Waals surface area contributed by atoms with Crippen LogP contribution in [-0.2, 0) is 0 Å². The van der Waals surface area contributed by atoms with Gasteiger partial charge in [-0.25, -0.2) is 0 Å². The minimum atomic E-state index is 0.304. The molecule has 0 aliphatic heterocycles. The van der Waals surface area contributed by atoms with Crippen molar-refractivity contribution in [1.82, 2.24) is 5.32 Å². The van der Waals surface area contributed by atoms with Crippen molar-refractivity contribution in [3.05, 3.63) is 24.3 Å². The molecule has 0 aliphatic rings. The van der Waals surface area contributed by atoms with E-state index < -0.39 is 0 Å². The van der Waals surface area contributed by atoms with Crippen molar-refractivity contribution in [3.63, 3.8) is 0 Å². The molecule has 1 rings (SSSR count). The zero-order chi connectivity index (χ0) is 14.3. The number of nitrogens with zero attached hydrogens (tertiary/aromatic N) is 1. The van der Waals surface area contributed by atoms with Gasteiger partial charge in [-0.1, -0.05) is 20.3 Å². The number of nitrogens with one attached hydrogen (secondary N) is 1. The average molecular weight is 264 g/mol. The van der Waals surface area contributed by atoms with Gasteiger partial charge in [-0.05, 0) is 43.1 Å². The molecule has 3 heteroatoms. The first-order chi connectivity index (χ1) is 9.04. The van der Waals surface area contributed by atoms with E-state index in [4.69, 9.17) is 4.74 Å². The first-order valence-electron chi connectivity index (χ1n) is 7.04. The molecule has 1 aromatic carbocycles. The van der Waals surface area contributed by atoms with E-state index in [0.29, 0.717) is 5.41 Å². The predicted octanol–water partition coefficient (Wildman–Crippen LogP) is 3.16. The Kier molecular flexibility index (Phi) is 6.16. The molecule has 0 fully saturated rings. The summed E-state index contributed by atoms with van der Waals surface area (Å²) in [4.78, 5) is 2.33. The van der Waals surface area contributed by atoms with Crippen LogP contribution >= 0.6 is 0 Å².